The summed E-state index contributed by atoms with van der Waals surface area (Å²) in [5.41, 5.74) is 0. The lowest BCUT2D eigenvalue weighted by Gasteiger charge is -2.40. The van der Waals surface area contributed by atoms with E-state index in [4.69, 9.17) is 5.11 Å². The maximum Gasteiger partial charge on any atom is 0.317 e. The number of nitrogens with zero attached hydrogens (tertiary/aromatic N) is 1. The van der Waals surface area contributed by atoms with Gasteiger partial charge in [0.25, 0.3) is 0 Å². The van der Waals surface area contributed by atoms with Gasteiger partial charge in [0.15, 0.2) is 0 Å². The highest BCUT2D eigenvalue weighted by atomic mass is 32.2. The maximum absolute atomic E-state index is 11.8. The van der Waals surface area contributed by atoms with Gasteiger partial charge in [-0.15, -0.1) is 0 Å². The van der Waals surface area contributed by atoms with E-state index in [0.29, 0.717) is 6.54 Å². The van der Waals surface area contributed by atoms with Crippen LogP contribution in [0.1, 0.15) is 26.2 Å². The molecule has 1 atom stereocenters. The molecular weight excluding hydrogens is 252 g/mol. The second-order valence-corrected chi connectivity index (χ2v) is 6.29. The largest absolute Gasteiger partial charge is 0.481 e. The highest BCUT2D eigenvalue weighted by molar-refractivity contribution is 8.00. The van der Waals surface area contributed by atoms with E-state index in [0.717, 1.165) is 12.8 Å². The fourth-order valence-electron chi connectivity index (χ4n) is 1.97. The van der Waals surface area contributed by atoms with Crippen molar-refractivity contribution >= 4 is 23.8 Å². The van der Waals surface area contributed by atoms with Gasteiger partial charge in [-0.2, -0.15) is 11.8 Å². The highest BCUT2D eigenvalue weighted by Gasteiger charge is 2.36. The van der Waals surface area contributed by atoms with E-state index in [1.165, 1.54) is 11.3 Å². The molecule has 1 fully saturated rings. The third-order valence-electron chi connectivity index (χ3n) is 3.58. The number of carboxylic acids is 1. The number of carboxylic acid groups (broad SMARTS) is 1. The van der Waals surface area contributed by atoms with Gasteiger partial charge in [0, 0.05) is 24.9 Å². The molecule has 1 rings (SSSR count). The van der Waals surface area contributed by atoms with Gasteiger partial charge < -0.3 is 15.3 Å². The van der Waals surface area contributed by atoms with Crippen LogP contribution in [-0.4, -0.2) is 53.1 Å². The van der Waals surface area contributed by atoms with Crippen LogP contribution in [0.25, 0.3) is 0 Å². The molecule has 0 heterocycles. The summed E-state index contributed by atoms with van der Waals surface area (Å²) in [6.07, 6.45) is 5.58. The van der Waals surface area contributed by atoms with Crippen LogP contribution < -0.4 is 5.32 Å². The summed E-state index contributed by atoms with van der Waals surface area (Å²) in [5, 5.41) is 11.7. The molecule has 104 valence electrons. The van der Waals surface area contributed by atoms with Gasteiger partial charge in [-0.05, 0) is 19.1 Å². The van der Waals surface area contributed by atoms with Crippen molar-refractivity contribution in [3.8, 4) is 0 Å². The van der Waals surface area contributed by atoms with Crippen LogP contribution in [0.2, 0.25) is 0 Å². The second kappa shape index (κ2) is 6.31. The van der Waals surface area contributed by atoms with Crippen molar-refractivity contribution < 1.29 is 14.7 Å². The number of aliphatic carboxylic acids is 1. The van der Waals surface area contributed by atoms with Gasteiger partial charge in [0.05, 0.1) is 5.92 Å². The molecule has 0 saturated heterocycles. The Kier molecular flexibility index (Phi) is 5.31. The molecule has 0 spiro atoms. The molecule has 0 radical (unpaired) electrons. The number of hydrogen-bond donors (Lipinski definition) is 2. The zero-order chi connectivity index (χ0) is 13.8. The zero-order valence-electron chi connectivity index (χ0n) is 11.2. The van der Waals surface area contributed by atoms with E-state index >= 15 is 0 Å². The quantitative estimate of drug-likeness (QED) is 0.772. The van der Waals surface area contributed by atoms with Crippen LogP contribution in [-0.2, 0) is 4.79 Å². The van der Waals surface area contributed by atoms with Gasteiger partial charge in [-0.25, -0.2) is 4.79 Å². The van der Waals surface area contributed by atoms with Crippen LogP contribution >= 0.6 is 11.8 Å². The van der Waals surface area contributed by atoms with Gasteiger partial charge in [0.2, 0.25) is 0 Å². The molecule has 0 aliphatic heterocycles. The van der Waals surface area contributed by atoms with Crippen LogP contribution in [0.4, 0.5) is 4.79 Å². The minimum atomic E-state index is -0.880. The lowest BCUT2D eigenvalue weighted by molar-refractivity contribution is -0.141. The average Bonchev–Trinajstić information content (AvgIpc) is 2.27. The first-order valence-electron chi connectivity index (χ1n) is 6.17. The molecule has 0 aromatic heterocycles. The molecular formula is C12H22N2O3S. The maximum atomic E-state index is 11.8. The predicted octanol–water partition coefficient (Wildman–Crippen LogP) is 1.63. The van der Waals surface area contributed by atoms with Crippen molar-refractivity contribution in [1.82, 2.24) is 10.2 Å². The van der Waals surface area contributed by atoms with Gasteiger partial charge in [0.1, 0.15) is 0 Å². The fourth-order valence-corrected chi connectivity index (χ4v) is 2.88. The van der Waals surface area contributed by atoms with Gasteiger partial charge >= 0.3 is 12.0 Å². The number of carbonyl (C=O) groups excluding carboxylic acids is 1. The number of amides is 2. The molecule has 2 N–H and O–H groups in total. The highest BCUT2D eigenvalue weighted by Crippen LogP contribution is 2.42. The third kappa shape index (κ3) is 3.80. The van der Waals surface area contributed by atoms with Crippen LogP contribution in [0.5, 0.6) is 0 Å². The second-order valence-electron chi connectivity index (χ2n) is 5.02. The van der Waals surface area contributed by atoms with Crippen molar-refractivity contribution in [2.24, 2.45) is 5.92 Å². The average molecular weight is 274 g/mol. The van der Waals surface area contributed by atoms with E-state index in [9.17, 15) is 9.59 Å². The third-order valence-corrected chi connectivity index (χ3v) is 4.99. The summed E-state index contributed by atoms with van der Waals surface area (Å²) < 4.78 is 0.203. The minimum absolute atomic E-state index is 0.191. The normalized spacial score (nSPS) is 18.6. The first kappa shape index (κ1) is 15.1. The molecule has 5 nitrogen and oxygen atoms in total. The smallest absolute Gasteiger partial charge is 0.317 e. The topological polar surface area (TPSA) is 69.6 Å². The van der Waals surface area contributed by atoms with Crippen molar-refractivity contribution in [2.75, 3.05) is 26.4 Å². The summed E-state index contributed by atoms with van der Waals surface area (Å²) in [6, 6.07) is -0.191. The molecule has 1 aliphatic rings. The molecule has 18 heavy (non-hydrogen) atoms. The molecule has 0 aromatic rings. The van der Waals surface area contributed by atoms with E-state index < -0.39 is 11.9 Å². The van der Waals surface area contributed by atoms with Gasteiger partial charge in [-0.1, -0.05) is 13.3 Å². The standard InChI is InChI=1S/C12H22N2O3S/c1-9(10(15)16)7-14(2)11(17)13-8-12(18-3)5-4-6-12/h9H,4-8H2,1-3H3,(H,13,17)(H,15,16). The Hall–Kier alpha value is -0.910. The van der Waals surface area contributed by atoms with Crippen LogP contribution in [0, 0.1) is 5.92 Å². The Balaban J connectivity index is 2.33. The lowest BCUT2D eigenvalue weighted by atomic mass is 9.84. The Morgan fingerprint density at radius 3 is 2.50 bits per heavy atom. The van der Waals surface area contributed by atoms with Crippen molar-refractivity contribution in [1.29, 1.82) is 0 Å². The lowest BCUT2D eigenvalue weighted by Crippen LogP contribution is -2.49. The van der Waals surface area contributed by atoms with Crippen LogP contribution in [0.15, 0.2) is 0 Å². The van der Waals surface area contributed by atoms with E-state index in [-0.39, 0.29) is 17.3 Å². The summed E-state index contributed by atoms with van der Waals surface area (Å²) in [7, 11) is 1.63. The molecule has 0 aromatic carbocycles. The Morgan fingerprint density at radius 2 is 2.11 bits per heavy atom. The van der Waals surface area contributed by atoms with Crippen molar-refractivity contribution in [2.45, 2.75) is 30.9 Å². The molecule has 1 unspecified atom stereocenters. The molecule has 0 bridgehead atoms. The summed E-state index contributed by atoms with van der Waals surface area (Å²) in [6.45, 7) is 2.49. The van der Waals surface area contributed by atoms with E-state index in [1.54, 1.807) is 25.7 Å². The van der Waals surface area contributed by atoms with E-state index in [1.807, 2.05) is 0 Å². The first-order valence-corrected chi connectivity index (χ1v) is 7.39. The molecule has 6 heteroatoms. The predicted molar refractivity (Wildman–Crippen MR) is 72.9 cm³/mol. The first-order chi connectivity index (χ1) is 8.40. The SMILES string of the molecule is CSC1(CNC(=O)N(C)CC(C)C(=O)O)CCC1. The monoisotopic (exact) mass is 274 g/mol. The van der Waals surface area contributed by atoms with E-state index in [2.05, 4.69) is 11.6 Å². The molecule has 2 amide bonds. The molecule has 1 aliphatic carbocycles. The zero-order valence-corrected chi connectivity index (χ0v) is 12.0. The number of carbonyl (C=O) groups is 2. The van der Waals surface area contributed by atoms with Crippen molar-refractivity contribution in [3.05, 3.63) is 0 Å². The Morgan fingerprint density at radius 1 is 1.50 bits per heavy atom. The summed E-state index contributed by atoms with van der Waals surface area (Å²) in [4.78, 5) is 24.0. The number of nitrogens with one attached hydrogen (secondary N) is 1. The minimum Gasteiger partial charge on any atom is -0.481 e. The fraction of sp³-hybridized carbons (Fsp3) is 0.833. The Labute approximate surface area is 112 Å². The number of urea groups is 1. The van der Waals surface area contributed by atoms with Gasteiger partial charge in [-0.3, -0.25) is 4.79 Å². The van der Waals surface area contributed by atoms with Crippen molar-refractivity contribution in [3.63, 3.8) is 0 Å². The number of thioether (sulfide) groups is 1. The Bertz CT molecular complexity index is 313. The summed E-state index contributed by atoms with van der Waals surface area (Å²) >= 11 is 1.80. The van der Waals surface area contributed by atoms with Crippen LogP contribution in [0.3, 0.4) is 0 Å². The number of hydrogen-bond acceptors (Lipinski definition) is 3. The summed E-state index contributed by atoms with van der Waals surface area (Å²) in [5.74, 6) is -1.42. The molecule has 1 saturated carbocycles. The number of rotatable bonds is 6.